The molecular weight excluding hydrogens is 252 g/mol. The second-order valence-corrected chi connectivity index (χ2v) is 7.62. The molecule has 122 valence electrons. The van der Waals surface area contributed by atoms with Gasteiger partial charge in [0.2, 0.25) is 0 Å². The van der Waals surface area contributed by atoms with Gasteiger partial charge in [0.25, 0.3) is 0 Å². The first-order valence-electron chi connectivity index (χ1n) is 7.70. The summed E-state index contributed by atoms with van der Waals surface area (Å²) in [6.45, 7) is 19.8. The topological polar surface area (TPSA) is 27.7 Å². The molecule has 0 saturated heterocycles. The number of rotatable bonds is 9. The van der Waals surface area contributed by atoms with Crippen molar-refractivity contribution in [2.45, 2.75) is 92.1 Å². The van der Waals surface area contributed by atoms with Crippen LogP contribution >= 0.6 is 0 Å². The first-order valence-corrected chi connectivity index (χ1v) is 7.70. The molecule has 0 aromatic carbocycles. The van der Waals surface area contributed by atoms with Gasteiger partial charge in [-0.15, -0.1) is 0 Å². The Morgan fingerprint density at radius 2 is 1.40 bits per heavy atom. The molecule has 0 bridgehead atoms. The predicted molar refractivity (Wildman–Crippen MR) is 85.2 cm³/mol. The lowest BCUT2D eigenvalue weighted by Crippen LogP contribution is -2.50. The zero-order valence-electron chi connectivity index (χ0n) is 15.3. The fourth-order valence-corrected chi connectivity index (χ4v) is 1.91. The van der Waals surface area contributed by atoms with Gasteiger partial charge in [-0.2, -0.15) is 0 Å². The standard InChI is InChI=1S/C17H36O3/c1-13(2)20-14(3)16(6,7)17(8,9)19-12-11-15(4,5)18-10/h13-14H,11-12H2,1-10H3. The summed E-state index contributed by atoms with van der Waals surface area (Å²) >= 11 is 0. The van der Waals surface area contributed by atoms with Gasteiger partial charge in [-0.25, -0.2) is 0 Å². The smallest absolute Gasteiger partial charge is 0.0701 e. The predicted octanol–water partition coefficient (Wildman–Crippen LogP) is 4.44. The van der Waals surface area contributed by atoms with Gasteiger partial charge in [0.05, 0.1) is 30.0 Å². The lowest BCUT2D eigenvalue weighted by molar-refractivity contribution is -0.168. The largest absolute Gasteiger partial charge is 0.379 e. The van der Waals surface area contributed by atoms with Crippen molar-refractivity contribution in [1.82, 2.24) is 0 Å². The summed E-state index contributed by atoms with van der Waals surface area (Å²) in [4.78, 5) is 0. The van der Waals surface area contributed by atoms with Crippen LogP contribution in [0.3, 0.4) is 0 Å². The molecule has 3 nitrogen and oxygen atoms in total. The molecule has 0 radical (unpaired) electrons. The Bertz CT molecular complexity index is 280. The van der Waals surface area contributed by atoms with E-state index in [0.29, 0.717) is 6.61 Å². The Morgan fingerprint density at radius 3 is 1.80 bits per heavy atom. The third-order valence-electron chi connectivity index (χ3n) is 4.76. The van der Waals surface area contributed by atoms with E-state index in [4.69, 9.17) is 14.2 Å². The second kappa shape index (κ2) is 7.24. The highest BCUT2D eigenvalue weighted by atomic mass is 16.5. The molecular formula is C17H36O3. The average Bonchev–Trinajstić information content (AvgIpc) is 2.27. The number of hydrogen-bond donors (Lipinski definition) is 0. The van der Waals surface area contributed by atoms with Gasteiger partial charge in [-0.3, -0.25) is 0 Å². The minimum absolute atomic E-state index is 0.0749. The van der Waals surface area contributed by atoms with Gasteiger partial charge < -0.3 is 14.2 Å². The number of ether oxygens (including phenoxy) is 3. The monoisotopic (exact) mass is 288 g/mol. The molecule has 0 rings (SSSR count). The molecule has 0 aromatic rings. The molecule has 0 aliphatic carbocycles. The van der Waals surface area contributed by atoms with Crippen LogP contribution in [0, 0.1) is 5.41 Å². The van der Waals surface area contributed by atoms with E-state index in [1.165, 1.54) is 0 Å². The first kappa shape index (κ1) is 19.9. The third kappa shape index (κ3) is 5.71. The van der Waals surface area contributed by atoms with E-state index in [9.17, 15) is 0 Å². The van der Waals surface area contributed by atoms with Crippen molar-refractivity contribution in [2.75, 3.05) is 13.7 Å². The normalized spacial score (nSPS) is 15.8. The zero-order chi connectivity index (χ0) is 16.2. The highest BCUT2D eigenvalue weighted by Crippen LogP contribution is 2.39. The molecule has 1 atom stereocenters. The summed E-state index contributed by atoms with van der Waals surface area (Å²) in [5, 5.41) is 0. The Kier molecular flexibility index (Phi) is 7.19. The van der Waals surface area contributed by atoms with Crippen LogP contribution in [0.1, 0.15) is 68.7 Å². The van der Waals surface area contributed by atoms with E-state index < -0.39 is 0 Å². The summed E-state index contributed by atoms with van der Waals surface area (Å²) in [5.41, 5.74) is -0.472. The van der Waals surface area contributed by atoms with Gasteiger partial charge in [-0.05, 0) is 54.9 Å². The van der Waals surface area contributed by atoms with E-state index in [2.05, 4.69) is 62.3 Å². The summed E-state index contributed by atoms with van der Waals surface area (Å²) in [7, 11) is 1.74. The van der Waals surface area contributed by atoms with Crippen LogP contribution < -0.4 is 0 Å². The number of hydrogen-bond acceptors (Lipinski definition) is 3. The van der Waals surface area contributed by atoms with Crippen molar-refractivity contribution in [2.24, 2.45) is 5.41 Å². The van der Waals surface area contributed by atoms with Crippen LogP contribution in [-0.4, -0.2) is 37.1 Å². The van der Waals surface area contributed by atoms with Crippen LogP contribution in [0.4, 0.5) is 0 Å². The van der Waals surface area contributed by atoms with Gasteiger partial charge in [0.1, 0.15) is 0 Å². The van der Waals surface area contributed by atoms with Crippen LogP contribution in [0.5, 0.6) is 0 Å². The first-order chi connectivity index (χ1) is 8.85. The van der Waals surface area contributed by atoms with E-state index in [-0.39, 0.29) is 28.8 Å². The Hall–Kier alpha value is -0.120. The fraction of sp³-hybridized carbons (Fsp3) is 1.00. The molecule has 0 N–H and O–H groups in total. The Labute approximate surface area is 126 Å². The zero-order valence-corrected chi connectivity index (χ0v) is 15.3. The minimum Gasteiger partial charge on any atom is -0.379 e. The molecule has 0 fully saturated rings. The molecule has 0 saturated carbocycles. The quantitative estimate of drug-likeness (QED) is 0.628. The van der Waals surface area contributed by atoms with Crippen LogP contribution in [0.15, 0.2) is 0 Å². The molecule has 20 heavy (non-hydrogen) atoms. The lowest BCUT2D eigenvalue weighted by atomic mass is 9.73. The molecule has 0 aliphatic rings. The fourth-order valence-electron chi connectivity index (χ4n) is 1.91. The van der Waals surface area contributed by atoms with Crippen LogP contribution in [0.25, 0.3) is 0 Å². The highest BCUT2D eigenvalue weighted by Gasteiger charge is 2.43. The lowest BCUT2D eigenvalue weighted by Gasteiger charge is -2.46. The highest BCUT2D eigenvalue weighted by molar-refractivity contribution is 4.92. The van der Waals surface area contributed by atoms with Crippen molar-refractivity contribution < 1.29 is 14.2 Å². The van der Waals surface area contributed by atoms with Crippen LogP contribution in [0.2, 0.25) is 0 Å². The maximum absolute atomic E-state index is 6.17. The maximum Gasteiger partial charge on any atom is 0.0701 e. The maximum atomic E-state index is 6.17. The van der Waals surface area contributed by atoms with Crippen molar-refractivity contribution in [1.29, 1.82) is 0 Å². The SMILES string of the molecule is COC(C)(C)CCOC(C)(C)C(C)(C)C(C)OC(C)C. The van der Waals surface area contributed by atoms with Gasteiger partial charge in [-0.1, -0.05) is 13.8 Å². The number of methoxy groups -OCH3 is 1. The molecule has 0 aliphatic heterocycles. The van der Waals surface area contributed by atoms with Gasteiger partial charge >= 0.3 is 0 Å². The van der Waals surface area contributed by atoms with Crippen LogP contribution in [-0.2, 0) is 14.2 Å². The molecule has 3 heteroatoms. The minimum atomic E-state index is -0.259. The Balaban J connectivity index is 4.60. The van der Waals surface area contributed by atoms with E-state index in [1.54, 1.807) is 7.11 Å². The molecule has 0 heterocycles. The van der Waals surface area contributed by atoms with E-state index in [0.717, 1.165) is 6.42 Å². The van der Waals surface area contributed by atoms with Crippen molar-refractivity contribution >= 4 is 0 Å². The van der Waals surface area contributed by atoms with Gasteiger partial charge in [0.15, 0.2) is 0 Å². The third-order valence-corrected chi connectivity index (χ3v) is 4.76. The summed E-state index contributed by atoms with van der Waals surface area (Å²) in [6, 6.07) is 0. The van der Waals surface area contributed by atoms with Crippen molar-refractivity contribution in [3.8, 4) is 0 Å². The second-order valence-electron chi connectivity index (χ2n) is 7.62. The van der Waals surface area contributed by atoms with Crippen molar-refractivity contribution in [3.05, 3.63) is 0 Å². The summed E-state index contributed by atoms with van der Waals surface area (Å²) < 4.78 is 17.6. The Morgan fingerprint density at radius 1 is 0.900 bits per heavy atom. The molecule has 1 unspecified atom stereocenters. The molecule has 0 spiro atoms. The molecule has 0 amide bonds. The molecule has 0 aromatic heterocycles. The summed E-state index contributed by atoms with van der Waals surface area (Å²) in [6.07, 6.45) is 1.24. The van der Waals surface area contributed by atoms with Gasteiger partial charge in [0, 0.05) is 12.5 Å². The van der Waals surface area contributed by atoms with E-state index in [1.807, 2.05) is 0 Å². The average molecular weight is 288 g/mol. The summed E-state index contributed by atoms with van der Waals surface area (Å²) in [5.74, 6) is 0. The van der Waals surface area contributed by atoms with E-state index >= 15 is 0 Å². The van der Waals surface area contributed by atoms with Crippen molar-refractivity contribution in [3.63, 3.8) is 0 Å².